The maximum atomic E-state index is 13.3. The van der Waals surface area contributed by atoms with Crippen LogP contribution in [0.4, 0.5) is 5.00 Å². The van der Waals surface area contributed by atoms with E-state index < -0.39 is 0 Å². The average molecular weight is 533 g/mol. The number of para-hydroxylation sites is 1. The Hall–Kier alpha value is -3.03. The third-order valence-corrected chi connectivity index (χ3v) is 9.10. The molecule has 5 rings (SSSR count). The van der Waals surface area contributed by atoms with Crippen molar-refractivity contribution in [3.05, 3.63) is 81.9 Å². The molecule has 2 aromatic carbocycles. The predicted octanol–water partition coefficient (Wildman–Crippen LogP) is 7.23. The first-order chi connectivity index (χ1) is 17.9. The van der Waals surface area contributed by atoms with Crippen LogP contribution in [0.5, 0.6) is 0 Å². The zero-order valence-electron chi connectivity index (χ0n) is 21.5. The van der Waals surface area contributed by atoms with Gasteiger partial charge in [-0.05, 0) is 63.6 Å². The molecule has 0 unspecified atom stereocenters. The third kappa shape index (κ3) is 5.48. The molecule has 0 spiro atoms. The molecule has 1 aliphatic carbocycles. The van der Waals surface area contributed by atoms with Gasteiger partial charge in [0.25, 0.3) is 0 Å². The number of nitrogens with one attached hydrogen (secondary N) is 1. The minimum Gasteiger partial charge on any atom is -0.462 e. The molecule has 7 heteroatoms. The Morgan fingerprint density at radius 2 is 1.95 bits per heavy atom. The predicted molar refractivity (Wildman–Crippen MR) is 153 cm³/mol. The van der Waals surface area contributed by atoms with E-state index in [2.05, 4.69) is 65.5 Å². The Kier molecular flexibility index (Phi) is 7.72. The second kappa shape index (κ2) is 11.2. The Balaban J connectivity index is 1.37. The van der Waals surface area contributed by atoms with Gasteiger partial charge >= 0.3 is 5.97 Å². The Morgan fingerprint density at radius 1 is 1.14 bits per heavy atom. The Morgan fingerprint density at radius 3 is 2.76 bits per heavy atom. The molecule has 1 amide bonds. The lowest BCUT2D eigenvalue weighted by molar-refractivity contribution is -0.115. The smallest absolute Gasteiger partial charge is 0.341 e. The van der Waals surface area contributed by atoms with Gasteiger partial charge < -0.3 is 14.6 Å². The first kappa shape index (κ1) is 25.6. The van der Waals surface area contributed by atoms with Crippen LogP contribution in [0, 0.1) is 6.92 Å². The van der Waals surface area contributed by atoms with Crippen molar-refractivity contribution in [3.8, 4) is 0 Å². The summed E-state index contributed by atoms with van der Waals surface area (Å²) in [5.41, 5.74) is 5.25. The quantitative estimate of drug-likeness (QED) is 0.192. The van der Waals surface area contributed by atoms with E-state index in [1.54, 1.807) is 11.8 Å². The van der Waals surface area contributed by atoms with Gasteiger partial charge in [0, 0.05) is 33.4 Å². The number of hydrogen-bond donors (Lipinski definition) is 1. The lowest BCUT2D eigenvalue weighted by Gasteiger charge is -2.13. The minimum atomic E-state index is -0.340. The number of carbonyl (C=O) groups excluding carboxylic acids is 2. The van der Waals surface area contributed by atoms with Crippen molar-refractivity contribution < 1.29 is 14.3 Å². The molecule has 2 aromatic heterocycles. The fraction of sp³-hybridized carbons (Fsp3) is 0.333. The number of thiophene rings is 1. The molecular weight excluding hydrogens is 500 g/mol. The van der Waals surface area contributed by atoms with Crippen LogP contribution >= 0.6 is 23.1 Å². The van der Waals surface area contributed by atoms with Gasteiger partial charge in [-0.15, -0.1) is 23.1 Å². The normalized spacial score (nSPS) is 13.8. The van der Waals surface area contributed by atoms with Gasteiger partial charge in [0.05, 0.1) is 17.4 Å². The summed E-state index contributed by atoms with van der Waals surface area (Å²) in [7, 11) is 0. The number of aromatic nitrogens is 1. The van der Waals surface area contributed by atoms with Gasteiger partial charge in [-0.25, -0.2) is 4.79 Å². The van der Waals surface area contributed by atoms with Crippen LogP contribution in [0.1, 0.15) is 58.6 Å². The number of ether oxygens (including phenoxy) is 1. The van der Waals surface area contributed by atoms with Gasteiger partial charge in [-0.2, -0.15) is 0 Å². The zero-order chi connectivity index (χ0) is 25.9. The molecule has 0 fully saturated rings. The first-order valence-electron chi connectivity index (χ1n) is 12.9. The highest BCUT2D eigenvalue weighted by Crippen LogP contribution is 2.39. The summed E-state index contributed by atoms with van der Waals surface area (Å²) in [6.45, 7) is 6.92. The van der Waals surface area contributed by atoms with E-state index in [1.165, 1.54) is 27.3 Å². The topological polar surface area (TPSA) is 60.3 Å². The van der Waals surface area contributed by atoms with E-state index in [0.717, 1.165) is 53.6 Å². The van der Waals surface area contributed by atoms with E-state index in [1.807, 2.05) is 19.9 Å². The van der Waals surface area contributed by atoms with E-state index in [-0.39, 0.29) is 17.1 Å². The number of amides is 1. The second-order valence-corrected chi connectivity index (χ2v) is 12.0. The lowest BCUT2D eigenvalue weighted by atomic mass is 9.95. The number of esters is 1. The summed E-state index contributed by atoms with van der Waals surface area (Å²) in [4.78, 5) is 28.4. The second-order valence-electron chi connectivity index (χ2n) is 9.51. The van der Waals surface area contributed by atoms with Gasteiger partial charge in [0.15, 0.2) is 0 Å². The third-order valence-electron chi connectivity index (χ3n) is 6.75. The lowest BCUT2D eigenvalue weighted by Crippen LogP contribution is -2.23. The SMILES string of the molecule is CCOC(=O)c1c(NC(=O)[C@H](C)Sc2cn(Cc3cccc(C)c3)c3ccccc23)sc2c1CCCC2. The van der Waals surface area contributed by atoms with Crippen molar-refractivity contribution in [2.45, 2.75) is 63.1 Å². The van der Waals surface area contributed by atoms with Crippen LogP contribution in [0.3, 0.4) is 0 Å². The van der Waals surface area contributed by atoms with E-state index >= 15 is 0 Å². The summed E-state index contributed by atoms with van der Waals surface area (Å²) in [5, 5.41) is 4.51. The van der Waals surface area contributed by atoms with Gasteiger partial charge in [0.2, 0.25) is 5.91 Å². The average Bonchev–Trinajstić information content (AvgIpc) is 3.42. The van der Waals surface area contributed by atoms with Crippen molar-refractivity contribution in [2.75, 3.05) is 11.9 Å². The molecule has 2 heterocycles. The highest BCUT2D eigenvalue weighted by molar-refractivity contribution is 8.00. The summed E-state index contributed by atoms with van der Waals surface area (Å²) >= 11 is 3.08. The van der Waals surface area contributed by atoms with Gasteiger partial charge in [0.1, 0.15) is 5.00 Å². The Bertz CT molecular complexity index is 1450. The monoisotopic (exact) mass is 532 g/mol. The van der Waals surface area contributed by atoms with Crippen LogP contribution in [-0.4, -0.2) is 28.3 Å². The number of thioether (sulfide) groups is 1. The number of carbonyl (C=O) groups is 2. The van der Waals surface area contributed by atoms with Crippen LogP contribution in [0.25, 0.3) is 10.9 Å². The molecule has 1 atom stereocenters. The molecule has 1 aliphatic rings. The molecule has 4 aromatic rings. The largest absolute Gasteiger partial charge is 0.462 e. The van der Waals surface area contributed by atoms with E-state index in [0.29, 0.717) is 17.2 Å². The van der Waals surface area contributed by atoms with Crippen molar-refractivity contribution in [3.63, 3.8) is 0 Å². The standard InChI is InChI=1S/C30H32N2O3S2/c1-4-35-30(34)27-23-13-6-8-15-25(23)37-29(27)31-28(33)20(3)36-26-18-32(24-14-7-5-12-22(24)26)17-21-11-9-10-19(2)16-21/h5,7,9-12,14,16,18,20H,4,6,8,13,15,17H2,1-3H3,(H,31,33)/t20-/m0/s1. The van der Waals surface area contributed by atoms with Gasteiger partial charge in [-0.1, -0.05) is 48.0 Å². The van der Waals surface area contributed by atoms with Crippen LogP contribution in [0.2, 0.25) is 0 Å². The summed E-state index contributed by atoms with van der Waals surface area (Å²) in [6.07, 6.45) is 6.13. The molecule has 192 valence electrons. The maximum Gasteiger partial charge on any atom is 0.341 e. The number of hydrogen-bond acceptors (Lipinski definition) is 5. The van der Waals surface area contributed by atoms with E-state index in [9.17, 15) is 9.59 Å². The fourth-order valence-electron chi connectivity index (χ4n) is 4.98. The molecular formula is C30H32N2O3S2. The number of anilines is 1. The summed E-state index contributed by atoms with van der Waals surface area (Å²) in [6, 6.07) is 16.9. The zero-order valence-corrected chi connectivity index (χ0v) is 23.1. The van der Waals surface area contributed by atoms with Crippen LogP contribution < -0.4 is 5.32 Å². The molecule has 0 saturated carbocycles. The van der Waals surface area contributed by atoms with Crippen molar-refractivity contribution in [1.82, 2.24) is 4.57 Å². The number of benzene rings is 2. The molecule has 37 heavy (non-hydrogen) atoms. The van der Waals surface area contributed by atoms with Crippen LogP contribution in [-0.2, 0) is 28.9 Å². The number of aryl methyl sites for hydroxylation is 2. The molecule has 0 radical (unpaired) electrons. The van der Waals surface area contributed by atoms with E-state index in [4.69, 9.17) is 4.74 Å². The molecule has 0 aliphatic heterocycles. The Labute approximate surface area is 226 Å². The number of nitrogens with zero attached hydrogens (tertiary/aromatic N) is 1. The molecule has 5 nitrogen and oxygen atoms in total. The fourth-order valence-corrected chi connectivity index (χ4v) is 7.29. The maximum absolute atomic E-state index is 13.3. The number of fused-ring (bicyclic) bond motifs is 2. The summed E-state index contributed by atoms with van der Waals surface area (Å²) < 4.78 is 7.60. The highest BCUT2D eigenvalue weighted by atomic mass is 32.2. The first-order valence-corrected chi connectivity index (χ1v) is 14.6. The molecule has 1 N–H and O–H groups in total. The van der Waals surface area contributed by atoms with Gasteiger partial charge in [-0.3, -0.25) is 4.79 Å². The van der Waals surface area contributed by atoms with Crippen LogP contribution in [0.15, 0.2) is 59.6 Å². The molecule has 0 saturated heterocycles. The van der Waals surface area contributed by atoms with Crippen molar-refractivity contribution in [2.24, 2.45) is 0 Å². The highest BCUT2D eigenvalue weighted by Gasteiger charge is 2.28. The summed E-state index contributed by atoms with van der Waals surface area (Å²) in [5.74, 6) is -0.443. The minimum absolute atomic E-state index is 0.107. The molecule has 0 bridgehead atoms. The number of rotatable bonds is 8. The van der Waals surface area contributed by atoms with Crippen molar-refractivity contribution >= 4 is 50.9 Å². The van der Waals surface area contributed by atoms with Crippen molar-refractivity contribution in [1.29, 1.82) is 0 Å².